The highest BCUT2D eigenvalue weighted by Crippen LogP contribution is 2.35. The molecule has 38 heavy (non-hydrogen) atoms. The first-order valence-electron chi connectivity index (χ1n) is 13.9. The number of rotatable bonds is 5. The van der Waals surface area contributed by atoms with Crippen LogP contribution in [0.5, 0.6) is 0 Å². The van der Waals surface area contributed by atoms with Gasteiger partial charge in [-0.15, -0.1) is 0 Å². The fraction of sp³-hybridized carbons (Fsp3) is 0.433. The molecule has 0 bridgehead atoms. The van der Waals surface area contributed by atoms with E-state index in [0.717, 1.165) is 97.4 Å². The third kappa shape index (κ3) is 4.41. The van der Waals surface area contributed by atoms with Gasteiger partial charge in [0.25, 0.3) is 0 Å². The second kappa shape index (κ2) is 10.0. The lowest BCUT2D eigenvalue weighted by Crippen LogP contribution is -2.56. The molecule has 7 rings (SSSR count). The molecule has 3 aliphatic rings. The third-order valence-corrected chi connectivity index (χ3v) is 8.63. The molecule has 196 valence electrons. The molecule has 0 radical (unpaired) electrons. The summed E-state index contributed by atoms with van der Waals surface area (Å²) in [5.74, 6) is 1.15. The van der Waals surface area contributed by atoms with Crippen molar-refractivity contribution in [2.24, 2.45) is 0 Å². The van der Waals surface area contributed by atoms with E-state index in [9.17, 15) is 4.79 Å². The predicted octanol–water partition coefficient (Wildman–Crippen LogP) is 3.86. The third-order valence-electron chi connectivity index (χ3n) is 8.63. The number of aromatic nitrogens is 2. The minimum atomic E-state index is 0.274. The molecule has 2 aromatic heterocycles. The molecule has 8 heteroatoms. The van der Waals surface area contributed by atoms with E-state index >= 15 is 0 Å². The lowest BCUT2D eigenvalue weighted by molar-refractivity contribution is -0.134. The van der Waals surface area contributed by atoms with Gasteiger partial charge in [-0.1, -0.05) is 36.8 Å². The van der Waals surface area contributed by atoms with Crippen molar-refractivity contribution in [3.8, 4) is 11.3 Å². The van der Waals surface area contributed by atoms with E-state index in [-0.39, 0.29) is 5.91 Å². The van der Waals surface area contributed by atoms with Gasteiger partial charge in [-0.05, 0) is 25.0 Å². The van der Waals surface area contributed by atoms with E-state index in [0.29, 0.717) is 6.54 Å². The van der Waals surface area contributed by atoms with Crippen molar-refractivity contribution in [1.29, 1.82) is 0 Å². The highest BCUT2D eigenvalue weighted by molar-refractivity contribution is 6.09. The fourth-order valence-electron chi connectivity index (χ4n) is 6.09. The monoisotopic (exact) mass is 510 g/mol. The standard InChI is InChI=1S/C30H34N6O2/c37-29(36-17-15-34(16-18-36)22-5-3-6-22)21-33-11-13-35(14-12-33)28-20-31-26(19-32-28)25-9-4-8-24-23-7-1-2-10-27(23)38-30(24)25/h1-2,4,7-10,19-20,22H,3,5-6,11-18,21H2. The summed E-state index contributed by atoms with van der Waals surface area (Å²) in [6.07, 6.45) is 7.74. The molecule has 1 saturated carbocycles. The van der Waals surface area contributed by atoms with Crippen LogP contribution in [-0.2, 0) is 4.79 Å². The van der Waals surface area contributed by atoms with Gasteiger partial charge in [0.2, 0.25) is 5.91 Å². The van der Waals surface area contributed by atoms with Gasteiger partial charge in [-0.3, -0.25) is 19.6 Å². The molecule has 3 fully saturated rings. The van der Waals surface area contributed by atoms with Crippen molar-refractivity contribution in [1.82, 2.24) is 24.7 Å². The number of anilines is 1. The van der Waals surface area contributed by atoms with Crippen LogP contribution in [0.1, 0.15) is 19.3 Å². The first-order valence-corrected chi connectivity index (χ1v) is 13.9. The van der Waals surface area contributed by atoms with Crippen LogP contribution >= 0.6 is 0 Å². The molecular formula is C30H34N6O2. The summed E-state index contributed by atoms with van der Waals surface area (Å²) in [5.41, 5.74) is 3.49. The average molecular weight is 511 g/mol. The number of hydrogen-bond donors (Lipinski definition) is 0. The van der Waals surface area contributed by atoms with Gasteiger partial charge < -0.3 is 14.2 Å². The number of furan rings is 1. The molecule has 1 aliphatic carbocycles. The number of fused-ring (bicyclic) bond motifs is 3. The maximum atomic E-state index is 12.9. The molecule has 4 aromatic rings. The van der Waals surface area contributed by atoms with Crippen LogP contribution in [0, 0.1) is 0 Å². The molecule has 8 nitrogen and oxygen atoms in total. The number of para-hydroxylation sites is 2. The van der Waals surface area contributed by atoms with Crippen LogP contribution < -0.4 is 4.90 Å². The van der Waals surface area contributed by atoms with Gasteiger partial charge in [-0.25, -0.2) is 4.98 Å². The number of benzene rings is 2. The maximum absolute atomic E-state index is 12.9. The van der Waals surface area contributed by atoms with Gasteiger partial charge in [0.1, 0.15) is 17.0 Å². The summed E-state index contributed by atoms with van der Waals surface area (Å²) in [6.45, 7) is 7.73. The molecule has 0 N–H and O–H groups in total. The average Bonchev–Trinajstić information content (AvgIpc) is 3.32. The Morgan fingerprint density at radius 1 is 0.842 bits per heavy atom. The highest BCUT2D eigenvalue weighted by Gasteiger charge is 2.30. The number of carbonyl (C=O) groups excluding carboxylic acids is 1. The quantitative estimate of drug-likeness (QED) is 0.404. The van der Waals surface area contributed by atoms with E-state index in [4.69, 9.17) is 14.4 Å². The first kappa shape index (κ1) is 23.6. The van der Waals surface area contributed by atoms with Crippen LogP contribution in [0.25, 0.3) is 33.2 Å². The Morgan fingerprint density at radius 2 is 1.63 bits per heavy atom. The normalized spacial score (nSPS) is 19.8. The van der Waals surface area contributed by atoms with Crippen LogP contribution in [0.4, 0.5) is 5.82 Å². The van der Waals surface area contributed by atoms with Crippen molar-refractivity contribution >= 4 is 33.7 Å². The minimum absolute atomic E-state index is 0.274. The SMILES string of the molecule is O=C(CN1CCN(c2cnc(-c3cccc4c3oc3ccccc34)cn2)CC1)N1CCN(C2CCC2)CC1. The summed E-state index contributed by atoms with van der Waals surface area (Å²) in [4.78, 5) is 31.6. The second-order valence-electron chi connectivity index (χ2n) is 10.8. The van der Waals surface area contributed by atoms with Crippen LogP contribution in [0.3, 0.4) is 0 Å². The van der Waals surface area contributed by atoms with Crippen LogP contribution in [0.2, 0.25) is 0 Å². The van der Waals surface area contributed by atoms with Crippen molar-refractivity contribution in [2.75, 3.05) is 63.8 Å². The Kier molecular flexibility index (Phi) is 6.21. The van der Waals surface area contributed by atoms with E-state index < -0.39 is 0 Å². The van der Waals surface area contributed by atoms with Crippen LogP contribution in [-0.4, -0.2) is 95.5 Å². The van der Waals surface area contributed by atoms with Crippen LogP contribution in [0.15, 0.2) is 59.3 Å². The van der Waals surface area contributed by atoms with Gasteiger partial charge >= 0.3 is 0 Å². The summed E-state index contributed by atoms with van der Waals surface area (Å²) in [7, 11) is 0. The maximum Gasteiger partial charge on any atom is 0.236 e. The van der Waals surface area contributed by atoms with Gasteiger partial charge in [-0.2, -0.15) is 0 Å². The van der Waals surface area contributed by atoms with Crippen molar-refractivity contribution in [3.63, 3.8) is 0 Å². The summed E-state index contributed by atoms with van der Waals surface area (Å²) in [5, 5.41) is 2.20. The molecule has 0 atom stereocenters. The molecule has 0 spiro atoms. The molecule has 4 heterocycles. The van der Waals surface area contributed by atoms with E-state index in [1.165, 1.54) is 19.3 Å². The summed E-state index contributed by atoms with van der Waals surface area (Å²) < 4.78 is 6.18. The molecule has 1 amide bonds. The van der Waals surface area contributed by atoms with Crippen molar-refractivity contribution in [2.45, 2.75) is 25.3 Å². The second-order valence-corrected chi connectivity index (χ2v) is 10.8. The topological polar surface area (TPSA) is 69.0 Å². The zero-order chi connectivity index (χ0) is 25.5. The predicted molar refractivity (Wildman–Crippen MR) is 149 cm³/mol. The number of nitrogens with zero attached hydrogens (tertiary/aromatic N) is 6. The lowest BCUT2D eigenvalue weighted by atomic mass is 9.91. The minimum Gasteiger partial charge on any atom is -0.455 e. The molecule has 2 aromatic carbocycles. The summed E-state index contributed by atoms with van der Waals surface area (Å²) in [6, 6.07) is 15.1. The Labute approximate surface area is 222 Å². The van der Waals surface area contributed by atoms with E-state index in [1.807, 2.05) is 42.7 Å². The van der Waals surface area contributed by atoms with Gasteiger partial charge in [0.05, 0.1) is 24.6 Å². The van der Waals surface area contributed by atoms with Crippen molar-refractivity contribution < 1.29 is 9.21 Å². The highest BCUT2D eigenvalue weighted by atomic mass is 16.3. The Bertz CT molecular complexity index is 1430. The Balaban J connectivity index is 0.958. The lowest BCUT2D eigenvalue weighted by Gasteiger charge is -2.43. The molecule has 2 saturated heterocycles. The van der Waals surface area contributed by atoms with E-state index in [2.05, 4.69) is 31.7 Å². The molecule has 2 aliphatic heterocycles. The van der Waals surface area contributed by atoms with Crippen molar-refractivity contribution in [3.05, 3.63) is 54.9 Å². The zero-order valence-corrected chi connectivity index (χ0v) is 21.8. The van der Waals surface area contributed by atoms with Gasteiger partial charge in [0.15, 0.2) is 0 Å². The number of piperazine rings is 2. The Hall–Kier alpha value is -3.49. The molecule has 0 unspecified atom stereocenters. The number of hydrogen-bond acceptors (Lipinski definition) is 7. The smallest absolute Gasteiger partial charge is 0.236 e. The number of carbonyl (C=O) groups is 1. The first-order chi connectivity index (χ1) is 18.7. The van der Waals surface area contributed by atoms with Gasteiger partial charge in [0, 0.05) is 74.7 Å². The Morgan fingerprint density at radius 3 is 2.37 bits per heavy atom. The summed E-state index contributed by atoms with van der Waals surface area (Å²) >= 11 is 0. The molecular weight excluding hydrogens is 476 g/mol. The van der Waals surface area contributed by atoms with E-state index in [1.54, 1.807) is 0 Å². The largest absolute Gasteiger partial charge is 0.455 e. The zero-order valence-electron chi connectivity index (χ0n) is 21.8. The fourth-order valence-corrected chi connectivity index (χ4v) is 6.09. The number of amides is 1.